The minimum atomic E-state index is -4.71. The van der Waals surface area contributed by atoms with E-state index in [0.717, 1.165) is 0 Å². The molecule has 0 aliphatic heterocycles. The first kappa shape index (κ1) is 16.7. The van der Waals surface area contributed by atoms with Crippen molar-refractivity contribution < 1.29 is 26.8 Å². The lowest BCUT2D eigenvalue weighted by atomic mass is 10.1. The van der Waals surface area contributed by atoms with E-state index in [1.165, 1.54) is 36.4 Å². The molecule has 4 nitrogen and oxygen atoms in total. The molecule has 128 valence electrons. The van der Waals surface area contributed by atoms with Crippen LogP contribution in [0.5, 0.6) is 0 Å². The number of oxazole rings is 1. The molecule has 0 atom stereocenters. The molecule has 0 aliphatic carbocycles. The van der Waals surface area contributed by atoms with Gasteiger partial charge in [0.25, 0.3) is 0 Å². The van der Waals surface area contributed by atoms with E-state index >= 15 is 0 Å². The number of hydrogen-bond donors (Lipinski definition) is 1. The highest BCUT2D eigenvalue weighted by Crippen LogP contribution is 2.39. The molecular formula is C17H10F4N2O2. The Kier molecular flexibility index (Phi) is 4.26. The minimum Gasteiger partial charge on any atom is -0.431 e. The Hall–Kier alpha value is -3.16. The zero-order chi connectivity index (χ0) is 18.0. The summed E-state index contributed by atoms with van der Waals surface area (Å²) in [4.78, 5) is 14.3. The molecule has 1 heterocycles. The van der Waals surface area contributed by atoms with Gasteiger partial charge in [-0.25, -0.2) is 9.78 Å². The molecule has 2 aromatic carbocycles. The summed E-state index contributed by atoms with van der Waals surface area (Å²) in [7, 11) is 0. The topological polar surface area (TPSA) is 55.1 Å². The van der Waals surface area contributed by atoms with Crippen LogP contribution in [0.2, 0.25) is 0 Å². The van der Waals surface area contributed by atoms with Crippen LogP contribution in [-0.2, 0) is 6.18 Å². The van der Waals surface area contributed by atoms with E-state index in [-0.39, 0.29) is 28.4 Å². The summed E-state index contributed by atoms with van der Waals surface area (Å²) in [5, 5.41) is 1.91. The Morgan fingerprint density at radius 1 is 0.960 bits per heavy atom. The molecule has 0 aliphatic rings. The number of aromatic nitrogens is 1. The first-order chi connectivity index (χ1) is 11.8. The number of rotatable bonds is 3. The van der Waals surface area contributed by atoms with E-state index < -0.39 is 18.1 Å². The Labute approximate surface area is 139 Å². The highest BCUT2D eigenvalue weighted by atomic mass is 19.4. The van der Waals surface area contributed by atoms with E-state index in [1.54, 1.807) is 18.2 Å². The Bertz CT molecular complexity index is 887. The molecule has 0 fully saturated rings. The number of benzene rings is 2. The van der Waals surface area contributed by atoms with Crippen LogP contribution < -0.4 is 5.32 Å². The summed E-state index contributed by atoms with van der Waals surface area (Å²) < 4.78 is 57.0. The SMILES string of the molecule is O=C(F)Nc1ccc(-c2nc(-c3ccccc3)c(C(F)(F)F)o2)cc1. The lowest BCUT2D eigenvalue weighted by Gasteiger charge is -2.04. The molecule has 0 spiro atoms. The summed E-state index contributed by atoms with van der Waals surface area (Å²) in [5.74, 6) is -1.43. The maximum absolute atomic E-state index is 13.2. The molecule has 1 N–H and O–H groups in total. The number of anilines is 1. The predicted molar refractivity (Wildman–Crippen MR) is 82.5 cm³/mol. The van der Waals surface area contributed by atoms with Gasteiger partial charge in [0.05, 0.1) is 0 Å². The van der Waals surface area contributed by atoms with E-state index in [1.807, 2.05) is 5.32 Å². The number of halogens is 4. The van der Waals surface area contributed by atoms with Crippen LogP contribution in [0.1, 0.15) is 5.76 Å². The predicted octanol–water partition coefficient (Wildman–Crippen LogP) is 5.53. The smallest absolute Gasteiger partial charge is 0.431 e. The standard InChI is InChI=1S/C17H10F4N2O2/c18-16(24)22-12-8-6-11(7-9-12)15-23-13(10-4-2-1-3-5-10)14(25-15)17(19,20)21/h1-9H,(H,22,24). The Morgan fingerprint density at radius 3 is 2.16 bits per heavy atom. The van der Waals surface area contributed by atoms with E-state index in [2.05, 4.69) is 4.98 Å². The maximum Gasteiger partial charge on any atom is 0.451 e. The molecule has 0 saturated heterocycles. The van der Waals surface area contributed by atoms with Gasteiger partial charge in [0.2, 0.25) is 11.7 Å². The maximum atomic E-state index is 13.2. The number of nitrogens with zero attached hydrogens (tertiary/aromatic N) is 1. The first-order valence-corrected chi connectivity index (χ1v) is 7.05. The average Bonchev–Trinajstić information content (AvgIpc) is 3.01. The van der Waals surface area contributed by atoms with Crippen molar-refractivity contribution >= 4 is 11.8 Å². The van der Waals surface area contributed by atoms with Gasteiger partial charge in [-0.1, -0.05) is 30.3 Å². The fourth-order valence-electron chi connectivity index (χ4n) is 2.24. The highest BCUT2D eigenvalue weighted by Gasteiger charge is 2.40. The fraction of sp³-hybridized carbons (Fsp3) is 0.0588. The van der Waals surface area contributed by atoms with Gasteiger partial charge in [-0.2, -0.15) is 13.2 Å². The van der Waals surface area contributed by atoms with Crippen molar-refractivity contribution in [3.05, 3.63) is 60.4 Å². The lowest BCUT2D eigenvalue weighted by molar-refractivity contribution is -0.152. The normalized spacial score (nSPS) is 11.4. The second-order valence-corrected chi connectivity index (χ2v) is 5.04. The van der Waals surface area contributed by atoms with Gasteiger partial charge in [0, 0.05) is 16.8 Å². The quantitative estimate of drug-likeness (QED) is 0.384. The average molecular weight is 350 g/mol. The zero-order valence-corrected chi connectivity index (χ0v) is 12.5. The number of amides is 1. The van der Waals surface area contributed by atoms with Gasteiger partial charge in [-0.15, -0.1) is 4.39 Å². The van der Waals surface area contributed by atoms with Crippen LogP contribution >= 0.6 is 0 Å². The second kappa shape index (κ2) is 6.39. The first-order valence-electron chi connectivity index (χ1n) is 7.05. The third-order valence-corrected chi connectivity index (χ3v) is 3.31. The summed E-state index contributed by atoms with van der Waals surface area (Å²) >= 11 is 0. The monoisotopic (exact) mass is 350 g/mol. The third-order valence-electron chi connectivity index (χ3n) is 3.31. The fourth-order valence-corrected chi connectivity index (χ4v) is 2.24. The number of hydrogen-bond acceptors (Lipinski definition) is 3. The molecule has 3 aromatic rings. The summed E-state index contributed by atoms with van der Waals surface area (Å²) in [6, 6.07) is 13.2. The minimum absolute atomic E-state index is 0.155. The van der Waals surface area contributed by atoms with Crippen LogP contribution in [-0.4, -0.2) is 11.1 Å². The molecule has 0 unspecified atom stereocenters. The molecule has 1 aromatic heterocycles. The lowest BCUT2D eigenvalue weighted by Crippen LogP contribution is -2.05. The van der Waals surface area contributed by atoms with Gasteiger partial charge >= 0.3 is 12.3 Å². The molecular weight excluding hydrogens is 340 g/mol. The van der Waals surface area contributed by atoms with Gasteiger partial charge < -0.3 is 4.42 Å². The van der Waals surface area contributed by atoms with Crippen molar-refractivity contribution in [2.45, 2.75) is 6.18 Å². The highest BCUT2D eigenvalue weighted by molar-refractivity contribution is 5.84. The third kappa shape index (κ3) is 3.68. The van der Waals surface area contributed by atoms with Gasteiger partial charge in [-0.3, -0.25) is 5.32 Å². The van der Waals surface area contributed by atoms with Crippen molar-refractivity contribution in [1.82, 2.24) is 4.98 Å². The van der Waals surface area contributed by atoms with Crippen LogP contribution in [0.15, 0.2) is 59.0 Å². The van der Waals surface area contributed by atoms with Crippen molar-refractivity contribution in [1.29, 1.82) is 0 Å². The van der Waals surface area contributed by atoms with Crippen molar-refractivity contribution in [2.24, 2.45) is 0 Å². The molecule has 0 saturated carbocycles. The molecule has 25 heavy (non-hydrogen) atoms. The van der Waals surface area contributed by atoms with Crippen LogP contribution in [0.4, 0.5) is 28.0 Å². The van der Waals surface area contributed by atoms with Crippen LogP contribution in [0.25, 0.3) is 22.7 Å². The largest absolute Gasteiger partial charge is 0.451 e. The number of alkyl halides is 3. The van der Waals surface area contributed by atoms with Crippen molar-refractivity contribution in [3.8, 4) is 22.7 Å². The van der Waals surface area contributed by atoms with Gasteiger partial charge in [-0.05, 0) is 24.3 Å². The molecule has 1 amide bonds. The second-order valence-electron chi connectivity index (χ2n) is 5.04. The Balaban J connectivity index is 2.03. The number of nitrogens with one attached hydrogen (secondary N) is 1. The summed E-state index contributed by atoms with van der Waals surface area (Å²) in [6.07, 6.45) is -6.45. The molecule has 3 rings (SSSR count). The molecule has 0 radical (unpaired) electrons. The van der Waals surface area contributed by atoms with Gasteiger partial charge in [0.15, 0.2) is 0 Å². The summed E-state index contributed by atoms with van der Waals surface area (Å²) in [6.45, 7) is 0. The van der Waals surface area contributed by atoms with Crippen molar-refractivity contribution in [2.75, 3.05) is 5.32 Å². The van der Waals surface area contributed by atoms with E-state index in [9.17, 15) is 22.4 Å². The van der Waals surface area contributed by atoms with Crippen LogP contribution in [0.3, 0.4) is 0 Å². The van der Waals surface area contributed by atoms with Gasteiger partial charge in [0.1, 0.15) is 5.69 Å². The van der Waals surface area contributed by atoms with E-state index in [4.69, 9.17) is 4.42 Å². The van der Waals surface area contributed by atoms with E-state index in [0.29, 0.717) is 0 Å². The van der Waals surface area contributed by atoms with Crippen LogP contribution in [0, 0.1) is 0 Å². The number of carbonyl (C=O) groups excluding carboxylic acids is 1. The molecule has 0 bridgehead atoms. The zero-order valence-electron chi connectivity index (χ0n) is 12.5. The molecule has 8 heteroatoms. The number of carbonyl (C=O) groups is 1. The Morgan fingerprint density at radius 2 is 1.60 bits per heavy atom. The van der Waals surface area contributed by atoms with Crippen molar-refractivity contribution in [3.63, 3.8) is 0 Å². The summed E-state index contributed by atoms with van der Waals surface area (Å²) in [5.41, 5.74) is 0.363.